The van der Waals surface area contributed by atoms with E-state index in [2.05, 4.69) is 36.7 Å². The van der Waals surface area contributed by atoms with E-state index in [0.29, 0.717) is 37.5 Å². The van der Waals surface area contributed by atoms with E-state index in [-0.39, 0.29) is 37.1 Å². The van der Waals surface area contributed by atoms with Gasteiger partial charge in [0.1, 0.15) is 24.2 Å². The Morgan fingerprint density at radius 1 is 0.645 bits per heavy atom. The fourth-order valence-corrected chi connectivity index (χ4v) is 11.5. The number of ether oxygens (including phenoxy) is 1. The van der Waals surface area contributed by atoms with Crippen LogP contribution in [0.5, 0.6) is 0 Å². The van der Waals surface area contributed by atoms with Gasteiger partial charge in [-0.15, -0.1) is 0 Å². The van der Waals surface area contributed by atoms with E-state index in [1.54, 1.807) is 41.5 Å². The van der Waals surface area contributed by atoms with Gasteiger partial charge in [-0.1, -0.05) is 117 Å². The van der Waals surface area contributed by atoms with Crippen molar-refractivity contribution in [1.82, 2.24) is 35.6 Å². The molecular formula is C58H103N7O11. The van der Waals surface area contributed by atoms with Gasteiger partial charge in [-0.25, -0.2) is 4.79 Å². The molecule has 14 atom stereocenters. The Morgan fingerprint density at radius 2 is 1.20 bits per heavy atom. The third-order valence-electron chi connectivity index (χ3n) is 16.3. The van der Waals surface area contributed by atoms with Crippen LogP contribution in [-0.4, -0.2) is 160 Å². The molecule has 0 saturated carbocycles. The molecule has 0 aromatic rings. The quantitative estimate of drug-likeness (QED) is 0.131. The monoisotopic (exact) mass is 1070 g/mol. The first-order valence-corrected chi connectivity index (χ1v) is 28.6. The maximum atomic E-state index is 14.8. The Labute approximate surface area is 457 Å². The minimum Gasteiger partial charge on any atom is -0.450 e. The van der Waals surface area contributed by atoms with Crippen LogP contribution < -0.4 is 16.0 Å². The summed E-state index contributed by atoms with van der Waals surface area (Å²) in [4.78, 5) is 137. The number of fused-ring (bicyclic) bond motifs is 1. The third kappa shape index (κ3) is 18.2. The van der Waals surface area contributed by atoms with Crippen LogP contribution in [0.15, 0.2) is 0 Å². The lowest BCUT2D eigenvalue weighted by Gasteiger charge is -2.39. The maximum Gasteiger partial charge on any atom is 0.332 e. The van der Waals surface area contributed by atoms with Gasteiger partial charge in [0.2, 0.25) is 35.4 Å². The molecule has 2 aliphatic heterocycles. The number of likely N-dealkylation sites (N-methyl/N-ethyl adjacent to an activating group) is 3. The van der Waals surface area contributed by atoms with Gasteiger partial charge in [0.05, 0.1) is 18.2 Å². The number of Topliss-reactive ketones (excluding diaryl/α,β-unsaturated/α-hetero) is 1. The molecule has 2 rings (SSSR count). The topological polar surface area (TPSA) is 232 Å². The number of cyclic esters (lactones) is 1. The van der Waals surface area contributed by atoms with Crippen LogP contribution in [0.2, 0.25) is 0 Å². The van der Waals surface area contributed by atoms with E-state index < -0.39 is 137 Å². The summed E-state index contributed by atoms with van der Waals surface area (Å²) in [7, 11) is 4.24. The molecule has 11 unspecified atom stereocenters. The predicted octanol–water partition coefficient (Wildman–Crippen LogP) is 6.00. The average molecular weight is 1070 g/mol. The number of hydrogen-bond donors (Lipinski definition) is 4. The summed E-state index contributed by atoms with van der Waals surface area (Å²) in [6.07, 6.45) is 3.31. The van der Waals surface area contributed by atoms with Crippen LogP contribution in [0.25, 0.3) is 0 Å². The van der Waals surface area contributed by atoms with Crippen LogP contribution in [0, 0.1) is 59.2 Å². The Morgan fingerprint density at radius 3 is 1.71 bits per heavy atom. The third-order valence-corrected chi connectivity index (χ3v) is 16.3. The molecular weight excluding hydrogens is 971 g/mol. The lowest BCUT2D eigenvalue weighted by atomic mass is 9.77. The number of rotatable bonds is 16. The fourth-order valence-electron chi connectivity index (χ4n) is 11.5. The van der Waals surface area contributed by atoms with Crippen molar-refractivity contribution >= 4 is 53.1 Å². The zero-order valence-electron chi connectivity index (χ0n) is 50.4. The van der Waals surface area contributed by atoms with E-state index in [4.69, 9.17) is 4.74 Å². The minimum atomic E-state index is -1.94. The molecule has 2 saturated heterocycles. The molecule has 0 bridgehead atoms. The van der Waals surface area contributed by atoms with Crippen LogP contribution in [0.1, 0.15) is 175 Å². The number of amides is 7. The molecule has 4 N–H and O–H groups in total. The highest BCUT2D eigenvalue weighted by atomic mass is 16.6. The van der Waals surface area contributed by atoms with Crippen molar-refractivity contribution in [2.45, 2.75) is 223 Å². The van der Waals surface area contributed by atoms with E-state index in [1.807, 2.05) is 41.5 Å². The highest BCUT2D eigenvalue weighted by Crippen LogP contribution is 2.30. The van der Waals surface area contributed by atoms with Gasteiger partial charge in [-0.3, -0.25) is 38.4 Å². The van der Waals surface area contributed by atoms with Crippen molar-refractivity contribution in [3.63, 3.8) is 0 Å². The predicted molar refractivity (Wildman–Crippen MR) is 295 cm³/mol. The zero-order valence-corrected chi connectivity index (χ0v) is 50.4. The molecule has 0 spiro atoms. The Balaban J connectivity index is 2.94. The second-order valence-corrected chi connectivity index (χ2v) is 24.8. The van der Waals surface area contributed by atoms with Gasteiger partial charge in [0.25, 0.3) is 5.91 Å². The summed E-state index contributed by atoms with van der Waals surface area (Å²) in [6.45, 7) is 30.7. The van der Waals surface area contributed by atoms with Crippen molar-refractivity contribution in [3.8, 4) is 0 Å². The second kappa shape index (κ2) is 29.9. The van der Waals surface area contributed by atoms with Crippen LogP contribution >= 0.6 is 0 Å². The van der Waals surface area contributed by atoms with Crippen LogP contribution in [-0.2, 0) is 47.9 Å². The molecule has 0 radical (unpaired) electrons. The summed E-state index contributed by atoms with van der Waals surface area (Å²) >= 11 is 0. The molecule has 436 valence electrons. The SMILES string of the molecule is CCC(C)C1NC(=O)C2CCCN2C(=O)CN(C)C(=O)C(C[C@H](C)C[C@H](C)C[C@H](C)CC)NC(=O)C(C(C)C)N(C)C(=O)C(C(C)CC)OC(=O)C(C(C)(C)O)N(C)C(=O)C(CC(C)C)NC(=O)C(C(C)C)C(C)C1=O. The Hall–Kier alpha value is -4.61. The lowest BCUT2D eigenvalue weighted by molar-refractivity contribution is -0.177. The number of esters is 1. The molecule has 2 aliphatic rings. The Kier molecular flexibility index (Phi) is 26.6. The molecule has 18 nitrogen and oxygen atoms in total. The van der Waals surface area contributed by atoms with Gasteiger partial charge in [0.15, 0.2) is 17.9 Å². The van der Waals surface area contributed by atoms with E-state index >= 15 is 0 Å². The standard InChI is InChI=1S/C58H103N7O11/c1-21-35(10)28-36(11)29-37(12)30-42-54(71)62(18)31-44(66)65-26-24-25-43(65)51(68)61-46(38(13)22-2)48(67)40(15)45(33(6)7)52(69)59-41(27-32(4)5)55(72)64(20)50(58(16,17)75)57(74)76-49(39(14)23-3)56(73)63(19)47(34(8)9)53(70)60-42/h32-43,45-47,49-50,75H,21-31H2,1-20H3,(H,59,69)(H,60,70)(H,61,68)/t35-,36-,37-,38?,39?,40?,41?,42?,43?,45?,46?,47?,49?,50?/m1/s1. The van der Waals surface area contributed by atoms with Gasteiger partial charge in [-0.05, 0) is 100 Å². The van der Waals surface area contributed by atoms with Crippen LogP contribution in [0.4, 0.5) is 0 Å². The van der Waals surface area contributed by atoms with Crippen LogP contribution in [0.3, 0.4) is 0 Å². The molecule has 2 heterocycles. The van der Waals surface area contributed by atoms with E-state index in [1.165, 1.54) is 49.7 Å². The molecule has 76 heavy (non-hydrogen) atoms. The van der Waals surface area contributed by atoms with Crippen molar-refractivity contribution < 1.29 is 53.0 Å². The van der Waals surface area contributed by atoms with Crippen molar-refractivity contribution in [2.75, 3.05) is 34.2 Å². The fraction of sp³-hybridized carbons (Fsp3) is 0.845. The summed E-state index contributed by atoms with van der Waals surface area (Å²) in [5.74, 6) is -8.96. The summed E-state index contributed by atoms with van der Waals surface area (Å²) in [5.41, 5.74) is -1.94. The van der Waals surface area contributed by atoms with Crippen molar-refractivity contribution in [1.29, 1.82) is 0 Å². The number of ketones is 1. The van der Waals surface area contributed by atoms with Gasteiger partial charge in [-0.2, -0.15) is 0 Å². The molecule has 7 amide bonds. The maximum absolute atomic E-state index is 14.8. The molecule has 0 aromatic heterocycles. The van der Waals surface area contributed by atoms with E-state index in [0.717, 1.165) is 24.2 Å². The zero-order chi connectivity index (χ0) is 58.4. The highest BCUT2D eigenvalue weighted by Gasteiger charge is 2.47. The van der Waals surface area contributed by atoms with E-state index in [9.17, 15) is 48.3 Å². The largest absolute Gasteiger partial charge is 0.450 e. The summed E-state index contributed by atoms with van der Waals surface area (Å²) < 4.78 is 6.09. The number of carbonyl (C=O) groups excluding carboxylic acids is 9. The minimum absolute atomic E-state index is 0.0530. The van der Waals surface area contributed by atoms with Crippen molar-refractivity contribution in [2.24, 2.45) is 59.2 Å². The second-order valence-electron chi connectivity index (χ2n) is 24.8. The first-order valence-electron chi connectivity index (χ1n) is 28.6. The van der Waals surface area contributed by atoms with Gasteiger partial charge in [0, 0.05) is 45.4 Å². The van der Waals surface area contributed by atoms with Crippen molar-refractivity contribution in [3.05, 3.63) is 0 Å². The summed E-state index contributed by atoms with van der Waals surface area (Å²) in [5, 5.41) is 20.5. The van der Waals surface area contributed by atoms with Gasteiger partial charge >= 0.3 is 5.97 Å². The lowest BCUT2D eigenvalue weighted by Crippen LogP contribution is -2.61. The number of nitrogens with zero attached hydrogens (tertiary/aromatic N) is 4. The number of aliphatic hydroxyl groups is 1. The molecule has 0 aromatic carbocycles. The Bertz CT molecular complexity index is 1990. The molecule has 18 heteroatoms. The smallest absolute Gasteiger partial charge is 0.332 e. The number of nitrogens with one attached hydrogen (secondary N) is 3. The summed E-state index contributed by atoms with van der Waals surface area (Å²) in [6, 6.07) is -7.20. The molecule has 2 fully saturated rings. The van der Waals surface area contributed by atoms with Gasteiger partial charge < -0.3 is 45.4 Å². The molecule has 0 aliphatic carbocycles. The first kappa shape index (κ1) is 67.5. The highest BCUT2D eigenvalue weighted by molar-refractivity contribution is 5.99. The number of hydrogen-bond acceptors (Lipinski definition) is 11. The normalized spacial score (nSPS) is 28.5. The number of carbonyl (C=O) groups is 9. The average Bonchev–Trinajstić information content (AvgIpc) is 3.82. The first-order chi connectivity index (χ1) is 35.2.